The van der Waals surface area contributed by atoms with Crippen molar-refractivity contribution in [1.29, 1.82) is 0 Å². The van der Waals surface area contributed by atoms with E-state index in [2.05, 4.69) is 362 Å². The van der Waals surface area contributed by atoms with Gasteiger partial charge < -0.3 is 9.80 Å². The van der Waals surface area contributed by atoms with Crippen molar-refractivity contribution in [2.45, 2.75) is 75.0 Å². The Balaban J connectivity index is 0.000000133. The Morgan fingerprint density at radius 1 is 0.207 bits per heavy atom. The maximum absolute atomic E-state index is 2.54. The molecule has 1 aromatic heterocycles. The molecule has 0 radical (unpaired) electrons. The van der Waals surface area contributed by atoms with Crippen molar-refractivity contribution in [2.75, 3.05) is 9.80 Å². The summed E-state index contributed by atoms with van der Waals surface area (Å²) in [5.41, 5.74) is 32.3. The molecule has 15 aromatic carbocycles. The highest BCUT2D eigenvalue weighted by atomic mass is 32.1. The molecular formula is C108H86N2S. The van der Waals surface area contributed by atoms with Gasteiger partial charge in [-0.1, -0.05) is 255 Å². The van der Waals surface area contributed by atoms with E-state index in [1.807, 2.05) is 11.3 Å². The number of nitrogens with zero attached hydrogens (tertiary/aromatic N) is 2. The highest BCUT2D eigenvalue weighted by Gasteiger charge is 2.63. The van der Waals surface area contributed by atoms with Crippen LogP contribution in [0, 0.1) is 47.3 Å². The molecule has 8 bridgehead atoms. The van der Waals surface area contributed by atoms with Crippen molar-refractivity contribution in [2.24, 2.45) is 47.3 Å². The van der Waals surface area contributed by atoms with Crippen molar-refractivity contribution in [3.63, 3.8) is 0 Å². The van der Waals surface area contributed by atoms with E-state index in [0.717, 1.165) is 75.8 Å². The van der Waals surface area contributed by atoms with Gasteiger partial charge in [-0.05, 0) is 320 Å². The first-order chi connectivity index (χ1) is 54.9. The summed E-state index contributed by atoms with van der Waals surface area (Å²) in [6.45, 7) is 0. The molecule has 0 N–H and O–H groups in total. The lowest BCUT2D eigenvalue weighted by Gasteiger charge is -2.61. The van der Waals surface area contributed by atoms with Gasteiger partial charge in [0.2, 0.25) is 0 Å². The van der Waals surface area contributed by atoms with Gasteiger partial charge in [-0.3, -0.25) is 0 Å². The number of thiophene rings is 1. The monoisotopic (exact) mass is 1440 g/mol. The summed E-state index contributed by atoms with van der Waals surface area (Å²) in [6.07, 6.45) is 14.3. The number of benzene rings is 15. The smallest absolute Gasteiger partial charge is 0.0468 e. The van der Waals surface area contributed by atoms with Gasteiger partial charge >= 0.3 is 0 Å². The van der Waals surface area contributed by atoms with Gasteiger partial charge in [-0.25, -0.2) is 0 Å². The van der Waals surface area contributed by atoms with Crippen LogP contribution >= 0.6 is 11.3 Å². The molecule has 2 spiro atoms. The number of hydrogen-bond donors (Lipinski definition) is 0. The summed E-state index contributed by atoms with van der Waals surface area (Å²) < 4.78 is 2.65. The maximum atomic E-state index is 2.54. The molecule has 0 atom stereocenters. The van der Waals surface area contributed by atoms with Crippen molar-refractivity contribution in [3.8, 4) is 77.9 Å². The normalized spacial score (nSPS) is 22.8. The van der Waals surface area contributed by atoms with Crippen LogP contribution in [0.1, 0.15) is 86.5 Å². The predicted molar refractivity (Wildman–Crippen MR) is 466 cm³/mol. The van der Waals surface area contributed by atoms with Gasteiger partial charge in [-0.2, -0.15) is 0 Å². The molecule has 10 aliphatic carbocycles. The van der Waals surface area contributed by atoms with E-state index in [1.54, 1.807) is 22.3 Å². The second-order valence-corrected chi connectivity index (χ2v) is 35.0. The van der Waals surface area contributed by atoms with Gasteiger partial charge in [0.25, 0.3) is 0 Å². The largest absolute Gasteiger partial charge is 0.311 e. The van der Waals surface area contributed by atoms with Crippen LogP contribution in [0.5, 0.6) is 0 Å². The molecule has 0 aliphatic heterocycles. The van der Waals surface area contributed by atoms with Gasteiger partial charge in [0.15, 0.2) is 0 Å². The Bertz CT molecular complexity index is 6210. The Labute approximate surface area is 656 Å². The molecule has 3 heteroatoms. The minimum atomic E-state index is 0.210. The van der Waals surface area contributed by atoms with Crippen LogP contribution in [-0.2, 0) is 10.8 Å². The molecule has 534 valence electrons. The number of anilines is 6. The Kier molecular flexibility index (Phi) is 15.3. The van der Waals surface area contributed by atoms with Gasteiger partial charge in [0.05, 0.1) is 0 Å². The summed E-state index contributed by atoms with van der Waals surface area (Å²) in [7, 11) is 0. The summed E-state index contributed by atoms with van der Waals surface area (Å²) in [5, 5.41) is 5.17. The zero-order chi connectivity index (χ0) is 72.9. The molecular weight excluding hydrogens is 1360 g/mol. The first kappa shape index (κ1) is 65.3. The molecule has 8 saturated carbocycles. The number of hydrogen-bond acceptors (Lipinski definition) is 3. The SMILES string of the molecule is c1ccc(-c2ccc(N(c3ccc(-c4ccc5c(c4)-c4ccccc4C54C5CC6CC(C5)CC4C6)cc3)c3ccc(-c4cccc5ccccc45)cc3)cc2)cc1.c1ccc(-c2ccc(N(c3ccc(-c4ccc5c(c4)-c4ccccc4C54C5CC6CC(C5)CC4C6)cc3)c3ccc4sc5ccccc5c4c3)cc2)cc1. The van der Waals surface area contributed by atoms with Crippen molar-refractivity contribution in [1.82, 2.24) is 0 Å². The second kappa shape index (κ2) is 26.0. The first-order valence-corrected chi connectivity index (χ1v) is 41.8. The highest BCUT2D eigenvalue weighted by Crippen LogP contribution is 2.71. The average molecular weight is 1440 g/mol. The van der Waals surface area contributed by atoms with E-state index < -0.39 is 0 Å². The molecule has 1 heterocycles. The fraction of sp³-hybridized carbons (Fsp3) is 0.185. The Morgan fingerprint density at radius 3 is 1.00 bits per heavy atom. The number of rotatable bonds is 11. The van der Waals surface area contributed by atoms with Crippen LogP contribution in [0.15, 0.2) is 352 Å². The van der Waals surface area contributed by atoms with Gasteiger partial charge in [0, 0.05) is 65.1 Å². The van der Waals surface area contributed by atoms with Crippen LogP contribution < -0.4 is 9.80 Å². The quantitative estimate of drug-likeness (QED) is 0.127. The summed E-state index contributed by atoms with van der Waals surface area (Å²) in [4.78, 5) is 4.81. The van der Waals surface area contributed by atoms with Crippen molar-refractivity contribution in [3.05, 3.63) is 374 Å². The molecule has 0 amide bonds. The molecule has 0 saturated heterocycles. The molecule has 16 aromatic rings. The summed E-state index contributed by atoms with van der Waals surface area (Å²) in [5.74, 6) is 6.98. The van der Waals surface area contributed by atoms with Crippen LogP contribution in [0.25, 0.3) is 109 Å². The minimum absolute atomic E-state index is 0.210. The van der Waals surface area contributed by atoms with Crippen molar-refractivity contribution >= 4 is 76.4 Å². The van der Waals surface area contributed by atoms with Gasteiger partial charge in [0.1, 0.15) is 0 Å². The molecule has 10 aliphatic rings. The third kappa shape index (κ3) is 10.5. The third-order valence-corrected chi connectivity index (χ3v) is 29.5. The lowest BCUT2D eigenvalue weighted by molar-refractivity contribution is -0.0399. The lowest BCUT2D eigenvalue weighted by Crippen LogP contribution is -2.55. The Morgan fingerprint density at radius 2 is 0.532 bits per heavy atom. The zero-order valence-corrected chi connectivity index (χ0v) is 63.3. The second-order valence-electron chi connectivity index (χ2n) is 33.9. The molecule has 26 rings (SSSR count). The first-order valence-electron chi connectivity index (χ1n) is 41.0. The third-order valence-electron chi connectivity index (χ3n) is 28.3. The molecule has 111 heavy (non-hydrogen) atoms. The van der Waals surface area contributed by atoms with Crippen LogP contribution in [-0.4, -0.2) is 0 Å². The van der Waals surface area contributed by atoms with E-state index in [9.17, 15) is 0 Å². The van der Waals surface area contributed by atoms with Crippen molar-refractivity contribution < 1.29 is 0 Å². The van der Waals surface area contributed by atoms with E-state index >= 15 is 0 Å². The standard InChI is InChI=1S/C56H45N.C52H41NS/c1-2-9-39(10-3-1)40-17-24-47(25-18-40)57(49-28-21-43(22-29-49)51-15-8-12-42-11-4-5-13-50(42)51)48-26-19-41(20-27-48)44-23-30-55-53(36-44)52-14-6-7-16-54(52)56(55)45-32-37-31-38(34-45)35-46(56)33-37;1-2-8-35(9-3-1)36-14-19-41(20-15-36)53(43-23-25-51-47(32-43)45-11-5-7-13-50(45)54-51)42-21-16-37(17-22-42)38-18-24-49-46(31-38)44-10-4-6-12-48(44)52(49)39-27-33-26-34(29-39)30-40(52)28-33/h1-30,36-38,45-46H,31-35H2;1-25,31-34,39-40H,26-30H2. The van der Waals surface area contributed by atoms with Crippen LogP contribution in [0.4, 0.5) is 34.1 Å². The molecule has 8 fully saturated rings. The summed E-state index contributed by atoms with van der Waals surface area (Å²) in [6, 6.07) is 132. The zero-order valence-electron chi connectivity index (χ0n) is 62.5. The minimum Gasteiger partial charge on any atom is -0.311 e. The van der Waals surface area contributed by atoms with Crippen LogP contribution in [0.3, 0.4) is 0 Å². The topological polar surface area (TPSA) is 6.48 Å². The van der Waals surface area contributed by atoms with E-state index in [1.165, 1.54) is 179 Å². The maximum Gasteiger partial charge on any atom is 0.0468 e. The fourth-order valence-electron chi connectivity index (χ4n) is 24.2. The number of fused-ring (bicyclic) bond motifs is 10. The summed E-state index contributed by atoms with van der Waals surface area (Å²) >= 11 is 1.87. The predicted octanol–water partition coefficient (Wildman–Crippen LogP) is 29.6. The van der Waals surface area contributed by atoms with Crippen LogP contribution in [0.2, 0.25) is 0 Å². The van der Waals surface area contributed by atoms with Gasteiger partial charge in [-0.15, -0.1) is 11.3 Å². The average Bonchev–Trinajstić information content (AvgIpc) is 1.55. The lowest BCUT2D eigenvalue weighted by atomic mass is 9.43. The van der Waals surface area contributed by atoms with E-state index in [4.69, 9.17) is 0 Å². The molecule has 2 nitrogen and oxygen atoms in total. The highest BCUT2D eigenvalue weighted by molar-refractivity contribution is 7.25. The van der Waals surface area contributed by atoms with E-state index in [-0.39, 0.29) is 10.8 Å². The fourth-order valence-corrected chi connectivity index (χ4v) is 25.3. The molecule has 0 unspecified atom stereocenters. The van der Waals surface area contributed by atoms with E-state index in [0.29, 0.717) is 0 Å². The Hall–Kier alpha value is -11.6.